The molecule has 1 aliphatic rings. The molecule has 0 aliphatic carbocycles. The highest BCUT2D eigenvalue weighted by Gasteiger charge is 2.43. The number of rotatable bonds is 3. The van der Waals surface area contributed by atoms with Crippen LogP contribution in [0.2, 0.25) is 0 Å². The third-order valence-corrected chi connectivity index (χ3v) is 4.56. The third kappa shape index (κ3) is 2.52. The number of hydrogen-bond acceptors (Lipinski definition) is 2. The topological polar surface area (TPSA) is 40.5 Å². The maximum atomic E-state index is 11.5. The molecule has 2 rings (SSSR count). The molecule has 1 saturated heterocycles. The lowest BCUT2D eigenvalue weighted by Crippen LogP contribution is -2.47. The summed E-state index contributed by atoms with van der Waals surface area (Å²) in [6.07, 6.45) is 1.71. The fourth-order valence-corrected chi connectivity index (χ4v) is 2.91. The van der Waals surface area contributed by atoms with Gasteiger partial charge in [0.15, 0.2) is 0 Å². The molecule has 1 fully saturated rings. The van der Waals surface area contributed by atoms with E-state index in [0.29, 0.717) is 0 Å². The maximum Gasteiger partial charge on any atom is 0.323 e. The van der Waals surface area contributed by atoms with Gasteiger partial charge in [-0.15, -0.1) is 0 Å². The Kier molecular flexibility index (Phi) is 3.68. The van der Waals surface area contributed by atoms with Crippen molar-refractivity contribution in [2.24, 2.45) is 0 Å². The van der Waals surface area contributed by atoms with Crippen molar-refractivity contribution >= 4 is 5.97 Å². The molecule has 1 N–H and O–H groups in total. The molecule has 1 aromatic rings. The summed E-state index contributed by atoms with van der Waals surface area (Å²) < 4.78 is 0. The molecular formula is C16H23NO2. The van der Waals surface area contributed by atoms with Crippen LogP contribution in [0.15, 0.2) is 12.1 Å². The summed E-state index contributed by atoms with van der Waals surface area (Å²) in [6, 6.07) is 4.39. The molecule has 0 saturated carbocycles. The second-order valence-corrected chi connectivity index (χ2v) is 5.97. The first kappa shape index (κ1) is 14.1. The van der Waals surface area contributed by atoms with Crippen molar-refractivity contribution in [2.45, 2.75) is 52.6 Å². The summed E-state index contributed by atoms with van der Waals surface area (Å²) in [6.45, 7) is 9.78. The number of benzene rings is 1. The molecule has 0 spiro atoms. The first-order valence-corrected chi connectivity index (χ1v) is 6.90. The Morgan fingerprint density at radius 2 is 1.89 bits per heavy atom. The molecule has 104 valence electrons. The lowest BCUT2D eigenvalue weighted by atomic mass is 9.96. The van der Waals surface area contributed by atoms with Gasteiger partial charge in [-0.2, -0.15) is 0 Å². The largest absolute Gasteiger partial charge is 0.480 e. The number of carboxylic acid groups (broad SMARTS) is 1. The van der Waals surface area contributed by atoms with E-state index in [1.54, 1.807) is 0 Å². The number of nitrogens with zero attached hydrogens (tertiary/aromatic N) is 1. The predicted octanol–water partition coefficient (Wildman–Crippen LogP) is 3.05. The van der Waals surface area contributed by atoms with Crippen LogP contribution in [0.3, 0.4) is 0 Å². The number of aryl methyl sites for hydroxylation is 3. The van der Waals surface area contributed by atoms with Crippen LogP contribution in [0, 0.1) is 20.8 Å². The second-order valence-electron chi connectivity index (χ2n) is 5.97. The van der Waals surface area contributed by atoms with Crippen molar-refractivity contribution < 1.29 is 9.90 Å². The molecule has 19 heavy (non-hydrogen) atoms. The summed E-state index contributed by atoms with van der Waals surface area (Å²) in [7, 11) is 0. The van der Waals surface area contributed by atoms with Gasteiger partial charge >= 0.3 is 5.97 Å². The van der Waals surface area contributed by atoms with E-state index >= 15 is 0 Å². The van der Waals surface area contributed by atoms with Crippen molar-refractivity contribution in [3.63, 3.8) is 0 Å². The molecule has 0 radical (unpaired) electrons. The summed E-state index contributed by atoms with van der Waals surface area (Å²) in [5.74, 6) is -0.702. The highest BCUT2D eigenvalue weighted by molar-refractivity contribution is 5.78. The number of hydrogen-bond donors (Lipinski definition) is 1. The van der Waals surface area contributed by atoms with Gasteiger partial charge in [-0.3, -0.25) is 9.69 Å². The average Bonchev–Trinajstić information content (AvgIpc) is 2.69. The number of aliphatic carboxylic acids is 1. The smallest absolute Gasteiger partial charge is 0.323 e. The van der Waals surface area contributed by atoms with Crippen molar-refractivity contribution in [3.8, 4) is 0 Å². The first-order valence-electron chi connectivity index (χ1n) is 6.90. The van der Waals surface area contributed by atoms with E-state index in [1.807, 2.05) is 6.92 Å². The van der Waals surface area contributed by atoms with Crippen molar-refractivity contribution in [2.75, 3.05) is 6.54 Å². The molecule has 1 aliphatic heterocycles. The Bertz CT molecular complexity index is 510. The van der Waals surface area contributed by atoms with E-state index in [1.165, 1.54) is 22.3 Å². The van der Waals surface area contributed by atoms with Crippen LogP contribution in [-0.4, -0.2) is 28.1 Å². The fraction of sp³-hybridized carbons (Fsp3) is 0.562. The standard InChI is InChI=1S/C16H23NO2/c1-11-8-13(3)14(9-12(11)2)10-17-7-5-6-16(17,4)15(18)19/h8-9H,5-7,10H2,1-4H3,(H,18,19). The minimum absolute atomic E-state index is 0.702. The van der Waals surface area contributed by atoms with E-state index < -0.39 is 11.5 Å². The normalized spacial score (nSPS) is 23.8. The van der Waals surface area contributed by atoms with Gasteiger partial charge in [-0.1, -0.05) is 12.1 Å². The predicted molar refractivity (Wildman–Crippen MR) is 76.3 cm³/mol. The van der Waals surface area contributed by atoms with Gasteiger partial charge in [0, 0.05) is 6.54 Å². The monoisotopic (exact) mass is 261 g/mol. The minimum atomic E-state index is -0.703. The van der Waals surface area contributed by atoms with E-state index in [0.717, 1.165) is 25.9 Å². The Balaban J connectivity index is 2.26. The van der Waals surface area contributed by atoms with E-state index in [2.05, 4.69) is 37.8 Å². The average molecular weight is 261 g/mol. The highest BCUT2D eigenvalue weighted by Crippen LogP contribution is 2.31. The molecule has 0 bridgehead atoms. The quantitative estimate of drug-likeness (QED) is 0.909. The van der Waals surface area contributed by atoms with E-state index in [9.17, 15) is 9.90 Å². The summed E-state index contributed by atoms with van der Waals surface area (Å²) in [5.41, 5.74) is 4.37. The molecule has 3 heteroatoms. The van der Waals surface area contributed by atoms with Crippen LogP contribution >= 0.6 is 0 Å². The van der Waals surface area contributed by atoms with Crippen LogP contribution < -0.4 is 0 Å². The maximum absolute atomic E-state index is 11.5. The number of likely N-dealkylation sites (tertiary alicyclic amines) is 1. The molecular weight excluding hydrogens is 238 g/mol. The third-order valence-electron chi connectivity index (χ3n) is 4.56. The summed E-state index contributed by atoms with van der Waals surface area (Å²) >= 11 is 0. The van der Waals surface area contributed by atoms with Crippen LogP contribution in [-0.2, 0) is 11.3 Å². The van der Waals surface area contributed by atoms with Crippen LogP contribution in [0.4, 0.5) is 0 Å². The van der Waals surface area contributed by atoms with Crippen molar-refractivity contribution in [1.29, 1.82) is 0 Å². The number of carbonyl (C=O) groups is 1. The minimum Gasteiger partial charge on any atom is -0.480 e. The zero-order chi connectivity index (χ0) is 14.2. The zero-order valence-corrected chi connectivity index (χ0v) is 12.3. The van der Waals surface area contributed by atoms with E-state index in [-0.39, 0.29) is 0 Å². The molecule has 1 aromatic carbocycles. The molecule has 0 amide bonds. The lowest BCUT2D eigenvalue weighted by molar-refractivity contribution is -0.148. The van der Waals surface area contributed by atoms with Gasteiger partial charge in [0.05, 0.1) is 0 Å². The molecule has 1 atom stereocenters. The molecule has 3 nitrogen and oxygen atoms in total. The van der Waals surface area contributed by atoms with Gasteiger partial charge in [0.1, 0.15) is 5.54 Å². The van der Waals surface area contributed by atoms with Gasteiger partial charge < -0.3 is 5.11 Å². The van der Waals surface area contributed by atoms with Gasteiger partial charge in [0.25, 0.3) is 0 Å². The first-order chi connectivity index (χ1) is 8.84. The number of carboxylic acids is 1. The fourth-order valence-electron chi connectivity index (χ4n) is 2.91. The van der Waals surface area contributed by atoms with Crippen LogP contribution in [0.1, 0.15) is 42.0 Å². The summed E-state index contributed by atoms with van der Waals surface area (Å²) in [4.78, 5) is 13.6. The zero-order valence-electron chi connectivity index (χ0n) is 12.3. The van der Waals surface area contributed by atoms with E-state index in [4.69, 9.17) is 0 Å². The molecule has 1 heterocycles. The van der Waals surface area contributed by atoms with Crippen molar-refractivity contribution in [1.82, 2.24) is 4.90 Å². The Hall–Kier alpha value is -1.35. The Labute approximate surface area is 115 Å². The Morgan fingerprint density at radius 3 is 2.53 bits per heavy atom. The van der Waals surface area contributed by atoms with Crippen LogP contribution in [0.25, 0.3) is 0 Å². The Morgan fingerprint density at radius 1 is 1.26 bits per heavy atom. The second kappa shape index (κ2) is 4.97. The molecule has 1 unspecified atom stereocenters. The SMILES string of the molecule is Cc1cc(C)c(CN2CCCC2(C)C(=O)O)cc1C. The molecule has 0 aromatic heterocycles. The van der Waals surface area contributed by atoms with Crippen LogP contribution in [0.5, 0.6) is 0 Å². The van der Waals surface area contributed by atoms with Gasteiger partial charge in [-0.05, 0) is 69.3 Å². The van der Waals surface area contributed by atoms with Gasteiger partial charge in [-0.25, -0.2) is 0 Å². The summed E-state index contributed by atoms with van der Waals surface area (Å²) in [5, 5.41) is 9.45. The van der Waals surface area contributed by atoms with Crippen molar-refractivity contribution in [3.05, 3.63) is 34.4 Å². The highest BCUT2D eigenvalue weighted by atomic mass is 16.4. The van der Waals surface area contributed by atoms with Gasteiger partial charge in [0.2, 0.25) is 0 Å². The lowest BCUT2D eigenvalue weighted by Gasteiger charge is -2.31.